The van der Waals surface area contributed by atoms with Crippen molar-refractivity contribution >= 4 is 40.7 Å². The first-order chi connectivity index (χ1) is 9.38. The third-order valence-corrected chi connectivity index (χ3v) is 3.48. The first-order valence-corrected chi connectivity index (χ1v) is 7.06. The lowest BCUT2D eigenvalue weighted by molar-refractivity contribution is 0.0937. The van der Waals surface area contributed by atoms with E-state index in [0.29, 0.717) is 5.56 Å². The molecule has 0 bridgehead atoms. The van der Waals surface area contributed by atoms with E-state index in [1.807, 2.05) is 23.9 Å². The van der Waals surface area contributed by atoms with Gasteiger partial charge in [-0.1, -0.05) is 53.0 Å². The second-order valence-electron chi connectivity index (χ2n) is 4.42. The number of nitrogens with zero attached hydrogens (tertiary/aromatic N) is 1. The summed E-state index contributed by atoms with van der Waals surface area (Å²) in [4.78, 5) is 12.2. The second kappa shape index (κ2) is 6.08. The first-order valence-electron chi connectivity index (χ1n) is 5.92. The molecule has 0 saturated carbocycles. The molecule has 3 nitrogen and oxygen atoms in total. The lowest BCUT2D eigenvalue weighted by Crippen LogP contribution is -2.36. The van der Waals surface area contributed by atoms with Crippen molar-refractivity contribution in [3.8, 4) is 0 Å². The van der Waals surface area contributed by atoms with Gasteiger partial charge >= 0.3 is 0 Å². The molecule has 0 aliphatic carbocycles. The minimum absolute atomic E-state index is 0.286. The van der Waals surface area contributed by atoms with Crippen LogP contribution in [0.15, 0.2) is 48.8 Å². The maximum Gasteiger partial charge on any atom is 0.251 e. The van der Waals surface area contributed by atoms with Gasteiger partial charge in [0.25, 0.3) is 5.91 Å². The highest BCUT2D eigenvalue weighted by molar-refractivity contribution is 6.68. The largest absolute Gasteiger partial charge is 0.357 e. The van der Waals surface area contributed by atoms with Crippen LogP contribution in [-0.4, -0.2) is 14.3 Å². The number of hydrogen-bond acceptors (Lipinski definition) is 1. The molecule has 0 aliphatic heterocycles. The number of alkyl halides is 3. The van der Waals surface area contributed by atoms with Crippen molar-refractivity contribution < 1.29 is 4.79 Å². The molecule has 1 aromatic heterocycles. The molecular formula is C14H13Cl3N2O. The fourth-order valence-electron chi connectivity index (χ4n) is 1.85. The molecule has 0 aliphatic rings. The average Bonchev–Trinajstić information content (AvgIpc) is 2.81. The van der Waals surface area contributed by atoms with Crippen molar-refractivity contribution in [2.24, 2.45) is 7.05 Å². The Balaban J connectivity index is 2.24. The Morgan fingerprint density at radius 1 is 1.20 bits per heavy atom. The zero-order valence-electron chi connectivity index (χ0n) is 10.7. The van der Waals surface area contributed by atoms with Gasteiger partial charge in [-0.05, 0) is 23.8 Å². The second-order valence-corrected chi connectivity index (χ2v) is 6.79. The molecule has 1 amide bonds. The van der Waals surface area contributed by atoms with Crippen LogP contribution >= 0.6 is 34.8 Å². The van der Waals surface area contributed by atoms with E-state index >= 15 is 0 Å². The van der Waals surface area contributed by atoms with Gasteiger partial charge in [0.05, 0.1) is 0 Å². The Morgan fingerprint density at radius 3 is 2.35 bits per heavy atom. The summed E-state index contributed by atoms with van der Waals surface area (Å²) >= 11 is 17.9. The Morgan fingerprint density at radius 2 is 1.85 bits per heavy atom. The third-order valence-electron chi connectivity index (χ3n) is 2.83. The van der Waals surface area contributed by atoms with Crippen LogP contribution in [0, 0.1) is 0 Å². The predicted octanol–water partition coefficient (Wildman–Crippen LogP) is 3.87. The van der Waals surface area contributed by atoms with Crippen LogP contribution in [0.3, 0.4) is 0 Å². The molecule has 20 heavy (non-hydrogen) atoms. The Kier molecular flexibility index (Phi) is 4.63. The number of nitrogens with one attached hydrogen (secondary N) is 1. The smallest absolute Gasteiger partial charge is 0.251 e. The van der Waals surface area contributed by atoms with Crippen LogP contribution in [0.2, 0.25) is 0 Å². The molecule has 0 saturated heterocycles. The van der Waals surface area contributed by atoms with Crippen molar-refractivity contribution in [2.75, 3.05) is 0 Å². The maximum atomic E-state index is 12.2. The van der Waals surface area contributed by atoms with Gasteiger partial charge in [0.1, 0.15) is 6.04 Å². The molecule has 0 unspecified atom stereocenters. The molecule has 106 valence electrons. The number of carbonyl (C=O) groups is 1. The van der Waals surface area contributed by atoms with E-state index < -0.39 is 9.83 Å². The molecular weight excluding hydrogens is 319 g/mol. The van der Waals surface area contributed by atoms with E-state index in [1.54, 1.807) is 36.5 Å². The maximum absolute atomic E-state index is 12.2. The number of aryl methyl sites for hydroxylation is 1. The predicted molar refractivity (Wildman–Crippen MR) is 82.4 cm³/mol. The lowest BCUT2D eigenvalue weighted by Gasteiger charge is -2.25. The SMILES string of the molecule is Cn1ccc([C@@H](NC(=O)c2ccccc2)C(Cl)(Cl)Cl)c1. The van der Waals surface area contributed by atoms with Crippen LogP contribution in [0.4, 0.5) is 0 Å². The Bertz CT molecular complexity index is 590. The van der Waals surface area contributed by atoms with E-state index in [4.69, 9.17) is 34.8 Å². The van der Waals surface area contributed by atoms with Gasteiger partial charge in [-0.25, -0.2) is 0 Å². The monoisotopic (exact) mass is 330 g/mol. The molecule has 1 aromatic carbocycles. The molecule has 0 fully saturated rings. The Hall–Kier alpha value is -1.16. The van der Waals surface area contributed by atoms with Crippen molar-refractivity contribution in [3.63, 3.8) is 0 Å². The zero-order chi connectivity index (χ0) is 14.8. The standard InChI is InChI=1S/C14H13Cl3N2O/c1-19-8-7-11(9-19)12(14(15,16)17)18-13(20)10-5-3-2-4-6-10/h2-9,12H,1H3,(H,18,20)/t12-/m1/s1. The van der Waals surface area contributed by atoms with E-state index in [9.17, 15) is 4.79 Å². The van der Waals surface area contributed by atoms with Gasteiger partial charge in [0.2, 0.25) is 3.79 Å². The quantitative estimate of drug-likeness (QED) is 0.851. The normalized spacial score (nSPS) is 13.0. The summed E-state index contributed by atoms with van der Waals surface area (Å²) in [5.74, 6) is -0.286. The van der Waals surface area contributed by atoms with E-state index in [-0.39, 0.29) is 5.91 Å². The van der Waals surface area contributed by atoms with Crippen molar-refractivity contribution in [1.29, 1.82) is 0 Å². The van der Waals surface area contributed by atoms with Gasteiger partial charge in [-0.3, -0.25) is 4.79 Å². The highest BCUT2D eigenvalue weighted by atomic mass is 35.6. The zero-order valence-corrected chi connectivity index (χ0v) is 13.0. The summed E-state index contributed by atoms with van der Waals surface area (Å²) in [6, 6.07) is 9.88. The minimum Gasteiger partial charge on any atom is -0.357 e. The number of benzene rings is 1. The first kappa shape index (κ1) is 15.2. The summed E-state index contributed by atoms with van der Waals surface area (Å²) in [5, 5.41) is 2.75. The van der Waals surface area contributed by atoms with Crippen molar-refractivity contribution in [1.82, 2.24) is 9.88 Å². The molecule has 6 heteroatoms. The number of rotatable bonds is 3. The Labute approximate surface area is 132 Å². The summed E-state index contributed by atoms with van der Waals surface area (Å²) in [7, 11) is 1.86. The van der Waals surface area contributed by atoms with E-state index in [2.05, 4.69) is 5.32 Å². The lowest BCUT2D eigenvalue weighted by atomic mass is 10.1. The number of aromatic nitrogens is 1. The molecule has 0 spiro atoms. The van der Waals surface area contributed by atoms with Crippen molar-refractivity contribution in [2.45, 2.75) is 9.83 Å². The fourth-order valence-corrected chi connectivity index (χ4v) is 2.40. The number of halogens is 3. The van der Waals surface area contributed by atoms with Gasteiger partial charge < -0.3 is 9.88 Å². The molecule has 2 aromatic rings. The molecule has 1 atom stereocenters. The van der Waals surface area contributed by atoms with Crippen LogP contribution in [-0.2, 0) is 7.05 Å². The number of amides is 1. The van der Waals surface area contributed by atoms with Crippen LogP contribution in [0.1, 0.15) is 22.0 Å². The molecule has 1 N–H and O–H groups in total. The van der Waals surface area contributed by atoms with Crippen molar-refractivity contribution in [3.05, 3.63) is 59.9 Å². The summed E-state index contributed by atoms with van der Waals surface area (Å²) < 4.78 is 0.194. The van der Waals surface area contributed by atoms with Gasteiger partial charge in [0, 0.05) is 25.0 Å². The number of hydrogen-bond donors (Lipinski definition) is 1. The van der Waals surface area contributed by atoms with Gasteiger partial charge in [-0.15, -0.1) is 0 Å². The topological polar surface area (TPSA) is 34.0 Å². The molecule has 0 radical (unpaired) electrons. The highest BCUT2D eigenvalue weighted by Gasteiger charge is 2.35. The van der Waals surface area contributed by atoms with Crippen LogP contribution in [0.5, 0.6) is 0 Å². The van der Waals surface area contributed by atoms with Gasteiger partial charge in [-0.2, -0.15) is 0 Å². The fraction of sp³-hybridized carbons (Fsp3) is 0.214. The highest BCUT2D eigenvalue weighted by Crippen LogP contribution is 2.40. The van der Waals surface area contributed by atoms with Gasteiger partial charge in [0.15, 0.2) is 0 Å². The van der Waals surface area contributed by atoms with E-state index in [0.717, 1.165) is 5.56 Å². The average molecular weight is 332 g/mol. The summed E-state index contributed by atoms with van der Waals surface area (Å²) in [6.07, 6.45) is 3.63. The molecule has 2 rings (SSSR count). The van der Waals surface area contributed by atoms with Crippen LogP contribution < -0.4 is 5.32 Å². The summed E-state index contributed by atoms with van der Waals surface area (Å²) in [6.45, 7) is 0. The summed E-state index contributed by atoms with van der Waals surface area (Å²) in [5.41, 5.74) is 1.25. The number of carbonyl (C=O) groups excluding carboxylic acids is 1. The minimum atomic E-state index is -1.63. The molecule has 1 heterocycles. The third kappa shape index (κ3) is 3.69. The van der Waals surface area contributed by atoms with Crippen LogP contribution in [0.25, 0.3) is 0 Å². The van der Waals surface area contributed by atoms with E-state index in [1.165, 1.54) is 0 Å².